The number of imidazole rings is 1. The summed E-state index contributed by atoms with van der Waals surface area (Å²) in [6.07, 6.45) is 2.91. The maximum absolute atomic E-state index is 9.75. The van der Waals surface area contributed by atoms with Crippen LogP contribution in [0.1, 0.15) is 42.4 Å². The van der Waals surface area contributed by atoms with E-state index < -0.39 is 0 Å². The largest absolute Gasteiger partial charge is 1.00 e. The number of nitrogens with zero attached hydrogens (tertiary/aromatic N) is 4. The van der Waals surface area contributed by atoms with Gasteiger partial charge in [-0.05, 0) is 34.5 Å². The molecule has 0 saturated carbocycles. The Labute approximate surface area is 230 Å². The first-order chi connectivity index (χ1) is 14.6. The van der Waals surface area contributed by atoms with E-state index in [2.05, 4.69) is 22.4 Å². The molecule has 0 radical (unpaired) electrons. The molecule has 1 heterocycles. The van der Waals surface area contributed by atoms with E-state index in [0.717, 1.165) is 47.3 Å². The molecule has 2 aromatic carbocycles. The zero-order valence-electron chi connectivity index (χ0n) is 17.9. The van der Waals surface area contributed by atoms with Crippen molar-refractivity contribution in [3.63, 3.8) is 0 Å². The van der Waals surface area contributed by atoms with Crippen LogP contribution in [-0.4, -0.2) is 20.5 Å². The van der Waals surface area contributed by atoms with Crippen molar-refractivity contribution in [2.24, 2.45) is 16.8 Å². The Balaban J connectivity index is 0.00000341. The van der Waals surface area contributed by atoms with Crippen LogP contribution in [0.4, 0.5) is 0 Å². The average molecular weight is 465 g/mol. The topological polar surface area (TPSA) is 117 Å². The van der Waals surface area contributed by atoms with E-state index in [1.807, 2.05) is 53.1 Å². The van der Waals surface area contributed by atoms with Crippen LogP contribution >= 0.6 is 11.6 Å². The van der Waals surface area contributed by atoms with E-state index in [4.69, 9.17) is 23.3 Å². The first kappa shape index (κ1) is 26.0. The third kappa shape index (κ3) is 6.18. The third-order valence-electron chi connectivity index (χ3n) is 5.02. The first-order valence-electron chi connectivity index (χ1n) is 9.85. The summed E-state index contributed by atoms with van der Waals surface area (Å²) in [4.78, 5) is 4.45. The SMILES string of the molecule is CCCCc1nc(Cl)c(CO)n1Cc1ccc(-c2ccccc2/C(=N/N)[N-]N)cc1.[K+]. The van der Waals surface area contributed by atoms with Crippen molar-refractivity contribution >= 4 is 17.4 Å². The van der Waals surface area contributed by atoms with Gasteiger partial charge in [0.15, 0.2) is 5.15 Å². The van der Waals surface area contributed by atoms with Crippen LogP contribution in [0, 0.1) is 0 Å². The number of aliphatic hydroxyl groups is 1. The van der Waals surface area contributed by atoms with Crippen LogP contribution in [0.3, 0.4) is 0 Å². The fraction of sp³-hybridized carbons (Fsp3) is 0.273. The zero-order valence-corrected chi connectivity index (χ0v) is 21.8. The van der Waals surface area contributed by atoms with Crippen LogP contribution in [0.15, 0.2) is 53.6 Å². The van der Waals surface area contributed by atoms with Gasteiger partial charge in [-0.1, -0.05) is 73.5 Å². The molecule has 0 aliphatic heterocycles. The molecule has 0 amide bonds. The Morgan fingerprint density at radius 1 is 1.19 bits per heavy atom. The van der Waals surface area contributed by atoms with Gasteiger partial charge in [0.05, 0.1) is 12.3 Å². The number of halogens is 1. The summed E-state index contributed by atoms with van der Waals surface area (Å²) in [5.74, 6) is 12.0. The Hall–Kier alpha value is -1.23. The van der Waals surface area contributed by atoms with Crippen LogP contribution in [-0.2, 0) is 19.6 Å². The second-order valence-corrected chi connectivity index (χ2v) is 7.30. The van der Waals surface area contributed by atoms with Gasteiger partial charge < -0.3 is 31.9 Å². The summed E-state index contributed by atoms with van der Waals surface area (Å²) in [6, 6.07) is 15.8. The number of hydrogen-bond acceptors (Lipinski definition) is 5. The molecule has 31 heavy (non-hydrogen) atoms. The van der Waals surface area contributed by atoms with Crippen LogP contribution in [0.2, 0.25) is 5.15 Å². The Bertz CT molecular complexity index is 1020. The molecule has 0 unspecified atom stereocenters. The maximum Gasteiger partial charge on any atom is 1.00 e. The molecule has 3 aromatic rings. The van der Waals surface area contributed by atoms with Crippen molar-refractivity contribution in [2.75, 3.05) is 0 Å². The van der Waals surface area contributed by atoms with Gasteiger partial charge in [0.2, 0.25) is 0 Å². The second kappa shape index (κ2) is 12.7. The Kier molecular flexibility index (Phi) is 10.7. The van der Waals surface area contributed by atoms with Crippen molar-refractivity contribution in [3.8, 4) is 11.1 Å². The molecule has 5 N–H and O–H groups in total. The van der Waals surface area contributed by atoms with Crippen molar-refractivity contribution in [2.45, 2.75) is 39.3 Å². The summed E-state index contributed by atoms with van der Waals surface area (Å²) < 4.78 is 2.01. The van der Waals surface area contributed by atoms with Gasteiger partial charge in [-0.15, -0.1) is 0 Å². The molecule has 0 fully saturated rings. The minimum absolute atomic E-state index is 0. The van der Waals surface area contributed by atoms with E-state index in [0.29, 0.717) is 17.4 Å². The van der Waals surface area contributed by atoms with Crippen LogP contribution in [0.25, 0.3) is 16.6 Å². The van der Waals surface area contributed by atoms with E-state index in [-0.39, 0.29) is 63.8 Å². The monoisotopic (exact) mass is 464 g/mol. The first-order valence-corrected chi connectivity index (χ1v) is 10.2. The molecule has 1 aromatic heterocycles. The number of hydrogen-bond donors (Lipinski definition) is 3. The Morgan fingerprint density at radius 3 is 2.52 bits per heavy atom. The van der Waals surface area contributed by atoms with Crippen molar-refractivity contribution in [1.82, 2.24) is 9.55 Å². The van der Waals surface area contributed by atoms with Crippen molar-refractivity contribution < 1.29 is 56.5 Å². The van der Waals surface area contributed by atoms with Crippen molar-refractivity contribution in [3.05, 3.63) is 81.8 Å². The van der Waals surface area contributed by atoms with Crippen LogP contribution < -0.4 is 63.1 Å². The number of nitrogens with two attached hydrogens (primary N) is 2. The standard InChI is InChI=1S/C22H26ClN6O.K/c1-2-3-8-20-26-21(23)19(14-30)29(20)13-15-9-11-16(12-10-15)17-6-4-5-7-18(17)22(27-24)28-25;/h4-7,9-12,30H,2-3,8,13-14,24-25H2,1H3;/q-1;+1. The number of aromatic nitrogens is 2. The molecule has 0 spiro atoms. The normalized spacial score (nSPS) is 11.3. The molecule has 7 nitrogen and oxygen atoms in total. The maximum atomic E-state index is 9.75. The molecule has 0 aliphatic carbocycles. The number of hydrazone groups is 1. The summed E-state index contributed by atoms with van der Waals surface area (Å²) >= 11 is 6.24. The smallest absolute Gasteiger partial charge is 0.411 e. The van der Waals surface area contributed by atoms with Gasteiger partial charge in [0.25, 0.3) is 0 Å². The molecule has 9 heteroatoms. The predicted octanol–water partition coefficient (Wildman–Crippen LogP) is 0.958. The van der Waals surface area contributed by atoms with Gasteiger partial charge in [-0.25, -0.2) is 4.98 Å². The molecular formula is C22H26ClKN6O. The second-order valence-electron chi connectivity index (χ2n) is 6.94. The van der Waals surface area contributed by atoms with Gasteiger partial charge >= 0.3 is 51.4 Å². The third-order valence-corrected chi connectivity index (χ3v) is 5.33. The molecule has 158 valence electrons. The van der Waals surface area contributed by atoms with Crippen molar-refractivity contribution in [1.29, 1.82) is 0 Å². The minimum atomic E-state index is -0.146. The summed E-state index contributed by atoms with van der Waals surface area (Å²) in [5.41, 5.74) is 8.09. The predicted molar refractivity (Wildman–Crippen MR) is 121 cm³/mol. The summed E-state index contributed by atoms with van der Waals surface area (Å²) in [7, 11) is 0. The number of rotatable bonds is 8. The van der Waals surface area contributed by atoms with E-state index in [1.165, 1.54) is 0 Å². The van der Waals surface area contributed by atoms with E-state index in [9.17, 15) is 5.11 Å². The van der Waals surface area contributed by atoms with Gasteiger partial charge in [-0.2, -0.15) is 0 Å². The van der Waals surface area contributed by atoms with Gasteiger partial charge in [0.1, 0.15) is 5.82 Å². The quantitative estimate of drug-likeness (QED) is 0.151. The number of aryl methyl sites for hydroxylation is 1. The van der Waals surface area contributed by atoms with E-state index >= 15 is 0 Å². The van der Waals surface area contributed by atoms with Gasteiger partial charge in [0, 0.05) is 13.0 Å². The van der Waals surface area contributed by atoms with Gasteiger partial charge in [-0.3, -0.25) is 0 Å². The summed E-state index contributed by atoms with van der Waals surface area (Å²) in [6.45, 7) is 2.58. The number of unbranched alkanes of at least 4 members (excludes halogenated alkanes) is 1. The fourth-order valence-corrected chi connectivity index (χ4v) is 3.70. The number of aliphatic hydroxyl groups excluding tert-OH is 1. The zero-order chi connectivity index (χ0) is 21.5. The van der Waals surface area contributed by atoms with Crippen LogP contribution in [0.5, 0.6) is 0 Å². The molecule has 0 bridgehead atoms. The number of benzene rings is 2. The molecule has 0 saturated heterocycles. The number of amidine groups is 1. The molecular weight excluding hydrogens is 439 g/mol. The molecule has 3 rings (SSSR count). The van der Waals surface area contributed by atoms with E-state index in [1.54, 1.807) is 0 Å². The fourth-order valence-electron chi connectivity index (χ4n) is 3.44. The molecule has 0 aliphatic rings. The Morgan fingerprint density at radius 2 is 1.90 bits per heavy atom. The minimum Gasteiger partial charge on any atom is -0.411 e. The average Bonchev–Trinajstić information content (AvgIpc) is 3.08. The molecule has 0 atom stereocenters. The summed E-state index contributed by atoms with van der Waals surface area (Å²) in [5, 5.41) is 13.8.